The molecule has 184 valence electrons. The van der Waals surface area contributed by atoms with Crippen LogP contribution in [0.3, 0.4) is 0 Å². The van der Waals surface area contributed by atoms with Gasteiger partial charge in [0, 0.05) is 12.6 Å². The van der Waals surface area contributed by atoms with Crippen LogP contribution in [-0.4, -0.2) is 35.4 Å². The lowest BCUT2D eigenvalue weighted by Gasteiger charge is -2.31. The first kappa shape index (κ1) is 26.3. The minimum Gasteiger partial charge on any atom is -0.483 e. The van der Waals surface area contributed by atoms with E-state index < -0.39 is 6.04 Å². The van der Waals surface area contributed by atoms with Gasteiger partial charge in [-0.15, -0.1) is 0 Å². The maximum atomic E-state index is 13.3. The maximum Gasteiger partial charge on any atom is 0.261 e. The normalized spacial score (nSPS) is 15.4. The van der Waals surface area contributed by atoms with E-state index >= 15 is 0 Å². The number of benzene rings is 2. The summed E-state index contributed by atoms with van der Waals surface area (Å²) >= 11 is 3.57. The van der Waals surface area contributed by atoms with E-state index in [0.29, 0.717) is 12.3 Å². The number of hydrogen-bond acceptors (Lipinski definition) is 3. The molecule has 34 heavy (non-hydrogen) atoms. The molecule has 2 aromatic carbocycles. The van der Waals surface area contributed by atoms with E-state index in [2.05, 4.69) is 42.0 Å². The summed E-state index contributed by atoms with van der Waals surface area (Å²) in [6.45, 7) is 8.47. The van der Waals surface area contributed by atoms with E-state index in [1.54, 1.807) is 11.8 Å². The van der Waals surface area contributed by atoms with Crippen LogP contribution in [-0.2, 0) is 21.5 Å². The van der Waals surface area contributed by atoms with Crippen LogP contribution in [0.15, 0.2) is 53.0 Å². The number of rotatable bonds is 8. The summed E-state index contributed by atoms with van der Waals surface area (Å²) in [6, 6.07) is 15.3. The summed E-state index contributed by atoms with van der Waals surface area (Å²) in [5.41, 5.74) is 2.17. The second kappa shape index (κ2) is 11.9. The molecule has 0 heterocycles. The van der Waals surface area contributed by atoms with Gasteiger partial charge in [-0.3, -0.25) is 9.59 Å². The van der Waals surface area contributed by atoms with Gasteiger partial charge in [0.1, 0.15) is 11.8 Å². The molecule has 0 saturated heterocycles. The quantitative estimate of drug-likeness (QED) is 0.457. The summed E-state index contributed by atoms with van der Waals surface area (Å²) in [6.07, 6.45) is 5.52. The van der Waals surface area contributed by atoms with Crippen molar-refractivity contribution in [2.75, 3.05) is 6.61 Å². The third kappa shape index (κ3) is 7.33. The van der Waals surface area contributed by atoms with Gasteiger partial charge in [0.05, 0.1) is 4.47 Å². The summed E-state index contributed by atoms with van der Waals surface area (Å²) in [5.74, 6) is 0.286. The van der Waals surface area contributed by atoms with Gasteiger partial charge in [-0.05, 0) is 64.4 Å². The third-order valence-electron chi connectivity index (χ3n) is 6.46. The first-order valence-electron chi connectivity index (χ1n) is 12.2. The fraction of sp³-hybridized carbons (Fsp3) is 0.500. The van der Waals surface area contributed by atoms with Crippen molar-refractivity contribution in [1.29, 1.82) is 0 Å². The molecular weight excluding hydrogens is 492 g/mol. The van der Waals surface area contributed by atoms with Crippen molar-refractivity contribution in [3.05, 3.63) is 64.1 Å². The van der Waals surface area contributed by atoms with Gasteiger partial charge in [0.25, 0.3) is 5.91 Å². The lowest BCUT2D eigenvalue weighted by Crippen LogP contribution is -2.51. The predicted molar refractivity (Wildman–Crippen MR) is 140 cm³/mol. The summed E-state index contributed by atoms with van der Waals surface area (Å²) < 4.78 is 6.71. The van der Waals surface area contributed by atoms with E-state index in [-0.39, 0.29) is 29.9 Å². The van der Waals surface area contributed by atoms with E-state index in [1.807, 2.05) is 48.5 Å². The Kier molecular flexibility index (Phi) is 9.17. The third-order valence-corrected chi connectivity index (χ3v) is 7.08. The number of amides is 2. The molecule has 1 aliphatic rings. The van der Waals surface area contributed by atoms with Crippen LogP contribution in [0.4, 0.5) is 0 Å². The van der Waals surface area contributed by atoms with E-state index in [9.17, 15) is 9.59 Å². The maximum absolute atomic E-state index is 13.3. The zero-order valence-corrected chi connectivity index (χ0v) is 22.4. The number of hydrogen-bond donors (Lipinski definition) is 1. The minimum atomic E-state index is -0.593. The highest BCUT2D eigenvalue weighted by atomic mass is 79.9. The van der Waals surface area contributed by atoms with Gasteiger partial charge in [-0.1, -0.05) is 76.4 Å². The molecule has 1 atom stereocenters. The monoisotopic (exact) mass is 528 g/mol. The van der Waals surface area contributed by atoms with Crippen molar-refractivity contribution in [2.45, 2.75) is 83.8 Å². The zero-order chi connectivity index (χ0) is 24.7. The first-order chi connectivity index (χ1) is 16.1. The number of ether oxygens (including phenoxy) is 1. The Bertz CT molecular complexity index is 965. The van der Waals surface area contributed by atoms with Gasteiger partial charge in [-0.2, -0.15) is 0 Å². The van der Waals surface area contributed by atoms with Crippen LogP contribution in [0.25, 0.3) is 0 Å². The summed E-state index contributed by atoms with van der Waals surface area (Å²) in [7, 11) is 0. The van der Waals surface area contributed by atoms with Crippen molar-refractivity contribution in [2.24, 2.45) is 0 Å². The minimum absolute atomic E-state index is 0.0183. The molecule has 1 N–H and O–H groups in total. The number of carbonyl (C=O) groups is 2. The molecule has 0 spiro atoms. The smallest absolute Gasteiger partial charge is 0.261 e. The number of carbonyl (C=O) groups excluding carboxylic acids is 2. The Morgan fingerprint density at radius 2 is 1.76 bits per heavy atom. The van der Waals surface area contributed by atoms with Gasteiger partial charge in [0.2, 0.25) is 5.91 Å². The van der Waals surface area contributed by atoms with Gasteiger partial charge < -0.3 is 15.0 Å². The summed E-state index contributed by atoms with van der Waals surface area (Å²) in [5, 5.41) is 3.16. The molecule has 1 fully saturated rings. The standard InChI is InChI=1S/C28H37BrN2O3/c1-20(27(33)30-23-13-9-6-10-14-23)31(18-21-11-7-5-8-12-21)26(32)19-34-25-16-15-22(17-24(25)29)28(2,3)4/h5,7-8,11-12,15-17,20,23H,6,9-10,13-14,18-19H2,1-4H3,(H,30,33). The van der Waals surface area contributed by atoms with E-state index in [0.717, 1.165) is 35.7 Å². The van der Waals surface area contributed by atoms with E-state index in [4.69, 9.17) is 4.74 Å². The van der Waals surface area contributed by atoms with Crippen molar-refractivity contribution in [1.82, 2.24) is 10.2 Å². The number of nitrogens with zero attached hydrogens (tertiary/aromatic N) is 1. The molecule has 1 saturated carbocycles. The SMILES string of the molecule is CC(C(=O)NC1CCCCC1)N(Cc1ccccc1)C(=O)COc1ccc(C(C)(C)C)cc1Br. The molecule has 1 aliphatic carbocycles. The first-order valence-corrected chi connectivity index (χ1v) is 13.0. The van der Waals surface area contributed by atoms with Crippen molar-refractivity contribution < 1.29 is 14.3 Å². The zero-order valence-electron chi connectivity index (χ0n) is 20.8. The number of nitrogens with one attached hydrogen (secondary N) is 1. The van der Waals surface area contributed by atoms with Gasteiger partial charge in [-0.25, -0.2) is 0 Å². The van der Waals surface area contributed by atoms with Crippen LogP contribution in [0.1, 0.15) is 70.9 Å². The Morgan fingerprint density at radius 3 is 2.38 bits per heavy atom. The van der Waals surface area contributed by atoms with Crippen LogP contribution in [0.5, 0.6) is 5.75 Å². The molecule has 0 aromatic heterocycles. The highest BCUT2D eigenvalue weighted by Crippen LogP contribution is 2.31. The number of halogens is 1. The Balaban J connectivity index is 1.70. The molecule has 2 aromatic rings. The average Bonchev–Trinajstić information content (AvgIpc) is 2.81. The fourth-order valence-corrected chi connectivity index (χ4v) is 4.73. The van der Waals surface area contributed by atoms with Crippen LogP contribution < -0.4 is 10.1 Å². The lowest BCUT2D eigenvalue weighted by atomic mass is 9.87. The largest absolute Gasteiger partial charge is 0.483 e. The molecule has 2 amide bonds. The Morgan fingerprint density at radius 1 is 1.09 bits per heavy atom. The highest BCUT2D eigenvalue weighted by molar-refractivity contribution is 9.10. The molecular formula is C28H37BrN2O3. The fourth-order valence-electron chi connectivity index (χ4n) is 4.24. The molecule has 0 aliphatic heterocycles. The highest BCUT2D eigenvalue weighted by Gasteiger charge is 2.28. The molecule has 3 rings (SSSR count). The average molecular weight is 530 g/mol. The Hall–Kier alpha value is -2.34. The predicted octanol–water partition coefficient (Wildman–Crippen LogP) is 5.99. The van der Waals surface area contributed by atoms with Crippen LogP contribution >= 0.6 is 15.9 Å². The van der Waals surface area contributed by atoms with Crippen LogP contribution in [0, 0.1) is 0 Å². The van der Waals surface area contributed by atoms with Gasteiger partial charge in [0.15, 0.2) is 6.61 Å². The van der Waals surface area contributed by atoms with Crippen molar-refractivity contribution >= 4 is 27.7 Å². The van der Waals surface area contributed by atoms with Crippen LogP contribution in [0.2, 0.25) is 0 Å². The summed E-state index contributed by atoms with van der Waals surface area (Å²) in [4.78, 5) is 28.0. The molecule has 6 heteroatoms. The Labute approximate surface area is 212 Å². The van der Waals surface area contributed by atoms with Gasteiger partial charge >= 0.3 is 0 Å². The lowest BCUT2D eigenvalue weighted by molar-refractivity contribution is -0.142. The molecule has 0 radical (unpaired) electrons. The second-order valence-corrected chi connectivity index (χ2v) is 11.1. The van der Waals surface area contributed by atoms with Crippen molar-refractivity contribution in [3.8, 4) is 5.75 Å². The molecule has 5 nitrogen and oxygen atoms in total. The molecule has 0 bridgehead atoms. The topological polar surface area (TPSA) is 58.6 Å². The van der Waals surface area contributed by atoms with E-state index in [1.165, 1.54) is 12.0 Å². The molecule has 1 unspecified atom stereocenters. The van der Waals surface area contributed by atoms with Crippen molar-refractivity contribution in [3.63, 3.8) is 0 Å². The second-order valence-electron chi connectivity index (χ2n) is 10.2.